The number of amides is 2. The SMILES string of the molecule is O=C(NCCC1=CCCCC1)C(=O)NCC(c1cccs1)N1CCc2ccccc21. The van der Waals surface area contributed by atoms with E-state index in [1.807, 2.05) is 6.07 Å². The molecule has 2 N–H and O–H groups in total. The third-order valence-corrected chi connectivity index (χ3v) is 6.92. The maximum atomic E-state index is 12.4. The minimum atomic E-state index is -0.554. The van der Waals surface area contributed by atoms with Gasteiger partial charge in [0.1, 0.15) is 0 Å². The number of nitrogens with zero attached hydrogens (tertiary/aromatic N) is 1. The summed E-state index contributed by atoms with van der Waals surface area (Å²) in [6, 6.07) is 12.6. The second kappa shape index (κ2) is 9.94. The molecule has 30 heavy (non-hydrogen) atoms. The summed E-state index contributed by atoms with van der Waals surface area (Å²) in [6.45, 7) is 1.84. The van der Waals surface area contributed by atoms with Crippen LogP contribution in [-0.4, -0.2) is 31.4 Å². The quantitative estimate of drug-likeness (QED) is 0.523. The highest BCUT2D eigenvalue weighted by molar-refractivity contribution is 7.10. The molecule has 2 aromatic rings. The molecule has 1 unspecified atom stereocenters. The monoisotopic (exact) mass is 423 g/mol. The molecule has 1 aliphatic carbocycles. The number of fused-ring (bicyclic) bond motifs is 1. The zero-order valence-electron chi connectivity index (χ0n) is 17.2. The van der Waals surface area contributed by atoms with E-state index in [1.54, 1.807) is 11.3 Å². The van der Waals surface area contributed by atoms with Crippen LogP contribution in [0.1, 0.15) is 48.6 Å². The van der Waals surface area contributed by atoms with Gasteiger partial charge in [0.05, 0.1) is 6.04 Å². The van der Waals surface area contributed by atoms with Crippen molar-refractivity contribution in [2.75, 3.05) is 24.5 Å². The lowest BCUT2D eigenvalue weighted by atomic mass is 9.97. The van der Waals surface area contributed by atoms with Crippen molar-refractivity contribution in [1.82, 2.24) is 10.6 Å². The number of benzene rings is 1. The van der Waals surface area contributed by atoms with Crippen LogP contribution >= 0.6 is 11.3 Å². The maximum Gasteiger partial charge on any atom is 0.309 e. The highest BCUT2D eigenvalue weighted by Crippen LogP contribution is 2.36. The fraction of sp³-hybridized carbons (Fsp3) is 0.417. The lowest BCUT2D eigenvalue weighted by Crippen LogP contribution is -2.44. The van der Waals surface area contributed by atoms with Crippen molar-refractivity contribution < 1.29 is 9.59 Å². The van der Waals surface area contributed by atoms with Crippen LogP contribution in [0.2, 0.25) is 0 Å². The lowest BCUT2D eigenvalue weighted by molar-refractivity contribution is -0.139. The number of anilines is 1. The summed E-state index contributed by atoms with van der Waals surface area (Å²) >= 11 is 1.68. The van der Waals surface area contributed by atoms with Gasteiger partial charge in [-0.2, -0.15) is 0 Å². The van der Waals surface area contributed by atoms with Crippen molar-refractivity contribution in [1.29, 1.82) is 0 Å². The first kappa shape index (κ1) is 20.7. The average Bonchev–Trinajstić information content (AvgIpc) is 3.45. The lowest BCUT2D eigenvalue weighted by Gasteiger charge is -2.30. The first-order chi connectivity index (χ1) is 14.7. The Hall–Kier alpha value is -2.60. The van der Waals surface area contributed by atoms with Crippen molar-refractivity contribution in [3.63, 3.8) is 0 Å². The van der Waals surface area contributed by atoms with Crippen molar-refractivity contribution in [3.05, 3.63) is 63.9 Å². The van der Waals surface area contributed by atoms with Gasteiger partial charge in [0, 0.05) is 30.2 Å². The summed E-state index contributed by atoms with van der Waals surface area (Å²) in [5.41, 5.74) is 3.95. The van der Waals surface area contributed by atoms with Gasteiger partial charge in [-0.25, -0.2) is 0 Å². The predicted octanol–water partition coefficient (Wildman–Crippen LogP) is 3.97. The van der Waals surface area contributed by atoms with Gasteiger partial charge in [0.2, 0.25) is 0 Å². The fourth-order valence-electron chi connectivity index (χ4n) is 4.35. The molecule has 4 rings (SSSR count). The molecule has 6 heteroatoms. The number of thiophene rings is 1. The van der Waals surface area contributed by atoms with Crippen LogP contribution in [0.25, 0.3) is 0 Å². The highest BCUT2D eigenvalue weighted by Gasteiger charge is 2.28. The van der Waals surface area contributed by atoms with Gasteiger partial charge in [-0.15, -0.1) is 11.3 Å². The smallest absolute Gasteiger partial charge is 0.309 e. The number of nitrogens with one attached hydrogen (secondary N) is 2. The van der Waals surface area contributed by atoms with E-state index < -0.39 is 11.8 Å². The molecular weight excluding hydrogens is 394 g/mol. The predicted molar refractivity (Wildman–Crippen MR) is 122 cm³/mol. The van der Waals surface area contributed by atoms with Gasteiger partial charge in [0.15, 0.2) is 0 Å². The molecule has 0 bridgehead atoms. The minimum Gasteiger partial charge on any atom is -0.361 e. The Morgan fingerprint density at radius 3 is 2.70 bits per heavy atom. The fourth-order valence-corrected chi connectivity index (χ4v) is 5.19. The van der Waals surface area contributed by atoms with E-state index >= 15 is 0 Å². The van der Waals surface area contributed by atoms with E-state index in [0.29, 0.717) is 13.1 Å². The van der Waals surface area contributed by atoms with Gasteiger partial charge >= 0.3 is 11.8 Å². The second-order valence-electron chi connectivity index (χ2n) is 7.93. The van der Waals surface area contributed by atoms with Crippen LogP contribution in [0.4, 0.5) is 5.69 Å². The zero-order valence-corrected chi connectivity index (χ0v) is 18.0. The molecule has 1 atom stereocenters. The summed E-state index contributed by atoms with van der Waals surface area (Å²) in [6.07, 6.45) is 8.84. The second-order valence-corrected chi connectivity index (χ2v) is 8.91. The van der Waals surface area contributed by atoms with Crippen LogP contribution in [0, 0.1) is 0 Å². The van der Waals surface area contributed by atoms with E-state index in [-0.39, 0.29) is 6.04 Å². The first-order valence-electron chi connectivity index (χ1n) is 10.8. The molecule has 0 spiro atoms. The molecule has 0 saturated heterocycles. The number of para-hydroxylation sites is 1. The molecule has 2 aliphatic rings. The Balaban J connectivity index is 1.33. The van der Waals surface area contributed by atoms with Crippen LogP contribution in [0.3, 0.4) is 0 Å². The number of allylic oxidation sites excluding steroid dienone is 1. The third kappa shape index (κ3) is 4.93. The van der Waals surface area contributed by atoms with Crippen LogP contribution < -0.4 is 15.5 Å². The molecule has 1 aromatic carbocycles. The van der Waals surface area contributed by atoms with E-state index in [4.69, 9.17) is 0 Å². The van der Waals surface area contributed by atoms with Crippen molar-refractivity contribution in [3.8, 4) is 0 Å². The molecule has 158 valence electrons. The number of carbonyl (C=O) groups excluding carboxylic acids is 2. The van der Waals surface area contributed by atoms with Crippen molar-refractivity contribution in [2.45, 2.75) is 44.6 Å². The number of carbonyl (C=O) groups is 2. The summed E-state index contributed by atoms with van der Waals surface area (Å²) < 4.78 is 0. The molecule has 0 saturated carbocycles. The van der Waals surface area contributed by atoms with Crippen molar-refractivity contribution >= 4 is 28.8 Å². The van der Waals surface area contributed by atoms with E-state index in [1.165, 1.54) is 34.5 Å². The Morgan fingerprint density at radius 2 is 1.90 bits per heavy atom. The van der Waals surface area contributed by atoms with Gasteiger partial charge in [-0.05, 0) is 61.6 Å². The Kier molecular flexibility index (Phi) is 6.84. The summed E-state index contributed by atoms with van der Waals surface area (Å²) in [7, 11) is 0. The van der Waals surface area contributed by atoms with Gasteiger partial charge < -0.3 is 15.5 Å². The molecule has 2 amide bonds. The summed E-state index contributed by atoms with van der Waals surface area (Å²) in [4.78, 5) is 28.2. The van der Waals surface area contributed by atoms with E-state index in [0.717, 1.165) is 32.2 Å². The van der Waals surface area contributed by atoms with E-state index in [9.17, 15) is 9.59 Å². The maximum absolute atomic E-state index is 12.4. The minimum absolute atomic E-state index is 0.0257. The normalized spacial score (nSPS) is 16.5. The molecule has 0 fully saturated rings. The van der Waals surface area contributed by atoms with E-state index in [2.05, 4.69) is 57.3 Å². The topological polar surface area (TPSA) is 61.4 Å². The molecule has 0 radical (unpaired) electrons. The standard InChI is InChI=1S/C24H29N3O2S/c28-23(25-14-12-18-7-2-1-3-8-18)24(29)26-17-21(22-11-6-16-30-22)27-15-13-19-9-4-5-10-20(19)27/h4-7,9-11,16,21H,1-3,8,12-15,17H2,(H,25,28)(H,26,29). The van der Waals surface area contributed by atoms with Crippen LogP contribution in [0.15, 0.2) is 53.4 Å². The molecular formula is C24H29N3O2S. The number of rotatable bonds is 7. The summed E-state index contributed by atoms with van der Waals surface area (Å²) in [5, 5.41) is 7.69. The molecule has 2 heterocycles. The third-order valence-electron chi connectivity index (χ3n) is 5.95. The van der Waals surface area contributed by atoms with Gasteiger partial charge in [0.25, 0.3) is 0 Å². The number of hydrogen-bond donors (Lipinski definition) is 2. The molecule has 1 aromatic heterocycles. The largest absolute Gasteiger partial charge is 0.361 e. The molecule has 5 nitrogen and oxygen atoms in total. The summed E-state index contributed by atoms with van der Waals surface area (Å²) in [5.74, 6) is -1.10. The molecule has 1 aliphatic heterocycles. The Labute approximate surface area is 182 Å². The average molecular weight is 424 g/mol. The Bertz CT molecular complexity index is 907. The van der Waals surface area contributed by atoms with Crippen molar-refractivity contribution in [2.24, 2.45) is 0 Å². The van der Waals surface area contributed by atoms with Crippen LogP contribution in [0.5, 0.6) is 0 Å². The Morgan fingerprint density at radius 1 is 1.03 bits per heavy atom. The van der Waals surface area contributed by atoms with Gasteiger partial charge in [-0.1, -0.05) is 35.9 Å². The number of hydrogen-bond acceptors (Lipinski definition) is 4. The van der Waals surface area contributed by atoms with Gasteiger partial charge in [-0.3, -0.25) is 9.59 Å². The first-order valence-corrected chi connectivity index (χ1v) is 11.7. The zero-order chi connectivity index (χ0) is 20.8. The highest BCUT2D eigenvalue weighted by atomic mass is 32.1. The van der Waals surface area contributed by atoms with Crippen LogP contribution in [-0.2, 0) is 16.0 Å².